The van der Waals surface area contributed by atoms with Crippen LogP contribution in [0, 0.1) is 40.9 Å². The van der Waals surface area contributed by atoms with Gasteiger partial charge >= 0.3 is 0 Å². The summed E-state index contributed by atoms with van der Waals surface area (Å²) in [6.45, 7) is 6.46. The van der Waals surface area contributed by atoms with Crippen molar-refractivity contribution in [3.63, 3.8) is 0 Å². The Morgan fingerprint density at radius 2 is 1.77 bits per heavy atom. The first-order valence-electron chi connectivity index (χ1n) is 15.7. The second-order valence-corrected chi connectivity index (χ2v) is 12.5. The summed E-state index contributed by atoms with van der Waals surface area (Å²) in [5.41, 5.74) is 3.38. The molecular weight excluding hydrogens is 482 g/mol. The van der Waals surface area contributed by atoms with Gasteiger partial charge < -0.3 is 9.88 Å². The minimum Gasteiger partial charge on any atom is -0.350 e. The number of hydrogen-bond donors (Lipinski definition) is 1. The molecule has 5 heteroatoms. The predicted octanol–water partition coefficient (Wildman–Crippen LogP) is 8.53. The molecule has 0 aliphatic heterocycles. The SMILES string of the molecule is CCCC(CCC(CC)C(=O)C1CCCC1)c1cn(C)c2ccc(NC(=O)C(C)C3CCC(C#N)CC3)cc12. The van der Waals surface area contributed by atoms with Crippen molar-refractivity contribution in [2.45, 2.75) is 110 Å². The molecule has 2 saturated carbocycles. The molecule has 1 amide bonds. The van der Waals surface area contributed by atoms with Gasteiger partial charge in [0.05, 0.1) is 6.07 Å². The standard InChI is InChI=1S/C34H49N3O2/c1-5-9-27(17-16-25(6-2)33(38)28-10-7-8-11-28)31-22-37(4)32-19-18-29(20-30(31)32)36-34(39)23(3)26-14-12-24(21-35)13-15-26/h18-20,22-28H,5-17H2,1-4H3,(H,36,39). The highest BCUT2D eigenvalue weighted by atomic mass is 16.2. The fourth-order valence-electron chi connectivity index (χ4n) is 7.34. The van der Waals surface area contributed by atoms with Gasteiger partial charge in [-0.2, -0.15) is 5.26 Å². The Labute approximate surface area is 235 Å². The van der Waals surface area contributed by atoms with Crippen LogP contribution in [-0.4, -0.2) is 16.3 Å². The maximum Gasteiger partial charge on any atom is 0.227 e. The topological polar surface area (TPSA) is 74.9 Å². The zero-order chi connectivity index (χ0) is 27.9. The number of anilines is 1. The molecule has 0 bridgehead atoms. The Morgan fingerprint density at radius 3 is 2.41 bits per heavy atom. The van der Waals surface area contributed by atoms with Crippen molar-refractivity contribution in [3.05, 3.63) is 30.0 Å². The average molecular weight is 532 g/mol. The van der Waals surface area contributed by atoms with Crippen molar-refractivity contribution in [1.29, 1.82) is 5.26 Å². The van der Waals surface area contributed by atoms with Gasteiger partial charge in [-0.05, 0) is 99.8 Å². The van der Waals surface area contributed by atoms with Gasteiger partial charge in [-0.3, -0.25) is 9.59 Å². The maximum absolute atomic E-state index is 13.2. The third kappa shape index (κ3) is 6.94. The van der Waals surface area contributed by atoms with E-state index in [2.05, 4.69) is 55.2 Å². The molecule has 2 aliphatic rings. The molecule has 2 aliphatic carbocycles. The summed E-state index contributed by atoms with van der Waals surface area (Å²) in [5.74, 6) is 1.92. The Bertz CT molecular complexity index is 1160. The molecule has 0 spiro atoms. The normalized spacial score (nSPS) is 22.3. The monoisotopic (exact) mass is 531 g/mol. The number of carbonyl (C=O) groups is 2. The average Bonchev–Trinajstić information content (AvgIpc) is 3.61. The van der Waals surface area contributed by atoms with E-state index in [1.54, 1.807) is 0 Å². The number of benzene rings is 1. The van der Waals surface area contributed by atoms with E-state index in [4.69, 9.17) is 0 Å². The largest absolute Gasteiger partial charge is 0.350 e. The molecule has 4 rings (SSSR count). The molecule has 3 atom stereocenters. The number of nitrogens with one attached hydrogen (secondary N) is 1. The van der Waals surface area contributed by atoms with Crippen molar-refractivity contribution in [2.75, 3.05) is 5.32 Å². The lowest BCUT2D eigenvalue weighted by Gasteiger charge is -2.29. The van der Waals surface area contributed by atoms with Crippen molar-refractivity contribution < 1.29 is 9.59 Å². The molecule has 39 heavy (non-hydrogen) atoms. The first kappa shape index (κ1) is 29.4. The van der Waals surface area contributed by atoms with Gasteiger partial charge in [-0.15, -0.1) is 0 Å². The number of aromatic nitrogens is 1. The van der Waals surface area contributed by atoms with Crippen LogP contribution in [0.1, 0.15) is 116 Å². The number of rotatable bonds is 12. The summed E-state index contributed by atoms with van der Waals surface area (Å²) in [4.78, 5) is 26.4. The maximum atomic E-state index is 13.2. The van der Waals surface area contributed by atoms with Crippen LogP contribution in [0.25, 0.3) is 10.9 Å². The Kier molecular flexibility index (Phi) is 10.3. The summed E-state index contributed by atoms with van der Waals surface area (Å²) in [5, 5.41) is 13.6. The quantitative estimate of drug-likeness (QED) is 0.298. The number of nitrogens with zero attached hydrogens (tertiary/aromatic N) is 2. The van der Waals surface area contributed by atoms with Crippen LogP contribution >= 0.6 is 0 Å². The molecule has 2 fully saturated rings. The molecule has 0 saturated heterocycles. The van der Waals surface area contributed by atoms with E-state index in [9.17, 15) is 14.9 Å². The van der Waals surface area contributed by atoms with Crippen molar-refractivity contribution in [1.82, 2.24) is 4.57 Å². The van der Waals surface area contributed by atoms with Crippen LogP contribution in [0.2, 0.25) is 0 Å². The van der Waals surface area contributed by atoms with E-state index in [1.807, 2.05) is 13.0 Å². The van der Waals surface area contributed by atoms with E-state index in [1.165, 1.54) is 29.3 Å². The molecule has 1 aromatic heterocycles. The first-order valence-corrected chi connectivity index (χ1v) is 15.7. The highest BCUT2D eigenvalue weighted by molar-refractivity contribution is 5.96. The van der Waals surface area contributed by atoms with Crippen LogP contribution in [0.3, 0.4) is 0 Å². The lowest BCUT2D eigenvalue weighted by atomic mass is 9.76. The fraction of sp³-hybridized carbons (Fsp3) is 0.676. The van der Waals surface area contributed by atoms with E-state index in [-0.39, 0.29) is 23.7 Å². The van der Waals surface area contributed by atoms with Crippen LogP contribution in [-0.2, 0) is 16.6 Å². The number of nitriles is 1. The second kappa shape index (κ2) is 13.6. The molecule has 1 N–H and O–H groups in total. The number of ketones is 1. The van der Waals surface area contributed by atoms with Crippen molar-refractivity contribution in [2.24, 2.45) is 36.6 Å². The second-order valence-electron chi connectivity index (χ2n) is 12.5. The van der Waals surface area contributed by atoms with E-state index in [0.717, 1.165) is 76.3 Å². The van der Waals surface area contributed by atoms with Crippen LogP contribution in [0.15, 0.2) is 24.4 Å². The first-order chi connectivity index (χ1) is 18.9. The third-order valence-electron chi connectivity index (χ3n) is 9.96. The number of amides is 1. The molecule has 5 nitrogen and oxygen atoms in total. The number of hydrogen-bond acceptors (Lipinski definition) is 3. The molecule has 3 unspecified atom stereocenters. The molecular formula is C34H49N3O2. The van der Waals surface area contributed by atoms with Crippen LogP contribution in [0.5, 0.6) is 0 Å². The summed E-state index contributed by atoms with van der Waals surface area (Å²) in [6, 6.07) is 8.69. The van der Waals surface area contributed by atoms with Gasteiger partial charge in [-0.1, -0.05) is 40.0 Å². The van der Waals surface area contributed by atoms with Crippen LogP contribution < -0.4 is 5.32 Å². The van der Waals surface area contributed by atoms with Gasteiger partial charge in [0.25, 0.3) is 0 Å². The molecule has 1 heterocycles. The molecule has 0 radical (unpaired) electrons. The zero-order valence-corrected chi connectivity index (χ0v) is 24.7. The lowest BCUT2D eigenvalue weighted by molar-refractivity contribution is -0.127. The van der Waals surface area contributed by atoms with E-state index in [0.29, 0.717) is 23.5 Å². The van der Waals surface area contributed by atoms with Crippen molar-refractivity contribution in [3.8, 4) is 6.07 Å². The smallest absolute Gasteiger partial charge is 0.227 e. The Morgan fingerprint density at radius 1 is 1.05 bits per heavy atom. The minimum atomic E-state index is -0.0631. The van der Waals surface area contributed by atoms with Crippen LogP contribution in [0.4, 0.5) is 5.69 Å². The van der Waals surface area contributed by atoms with E-state index >= 15 is 0 Å². The minimum absolute atomic E-state index is 0.0631. The van der Waals surface area contributed by atoms with Crippen molar-refractivity contribution >= 4 is 28.3 Å². The molecule has 212 valence electrons. The summed E-state index contributed by atoms with van der Waals surface area (Å²) >= 11 is 0. The van der Waals surface area contributed by atoms with Gasteiger partial charge in [0, 0.05) is 53.5 Å². The number of fused-ring (bicyclic) bond motifs is 1. The Balaban J connectivity index is 1.47. The summed E-state index contributed by atoms with van der Waals surface area (Å²) in [6.07, 6.45) is 15.7. The van der Waals surface area contributed by atoms with E-state index < -0.39 is 0 Å². The number of aryl methyl sites for hydroxylation is 1. The summed E-state index contributed by atoms with van der Waals surface area (Å²) < 4.78 is 2.20. The third-order valence-corrected chi connectivity index (χ3v) is 9.96. The fourth-order valence-corrected chi connectivity index (χ4v) is 7.34. The van der Waals surface area contributed by atoms with Gasteiger partial charge in [0.1, 0.15) is 5.78 Å². The number of Topliss-reactive ketones (excluding diaryl/α,β-unsaturated/α-hetero) is 1. The highest BCUT2D eigenvalue weighted by Crippen LogP contribution is 2.38. The Hall–Kier alpha value is -2.61. The predicted molar refractivity (Wildman–Crippen MR) is 159 cm³/mol. The molecule has 1 aromatic carbocycles. The zero-order valence-electron chi connectivity index (χ0n) is 24.7. The van der Waals surface area contributed by atoms with Gasteiger partial charge in [0.2, 0.25) is 5.91 Å². The molecule has 2 aromatic rings. The number of carbonyl (C=O) groups excluding carboxylic acids is 2. The summed E-state index contributed by atoms with van der Waals surface area (Å²) in [7, 11) is 2.10. The van der Waals surface area contributed by atoms with Gasteiger partial charge in [-0.25, -0.2) is 0 Å². The van der Waals surface area contributed by atoms with Gasteiger partial charge in [0.15, 0.2) is 0 Å². The lowest BCUT2D eigenvalue weighted by Crippen LogP contribution is -2.29. The highest BCUT2D eigenvalue weighted by Gasteiger charge is 2.30.